The molecule has 0 unspecified atom stereocenters. The van der Waals surface area contributed by atoms with Gasteiger partial charge in [0.05, 0.1) is 12.8 Å². The van der Waals surface area contributed by atoms with E-state index < -0.39 is 36.4 Å². The lowest BCUT2D eigenvalue weighted by Gasteiger charge is -2.30. The van der Waals surface area contributed by atoms with Crippen LogP contribution in [0, 0.1) is 0 Å². The Kier molecular flexibility index (Phi) is 11.5. The first kappa shape index (κ1) is 28.6. The van der Waals surface area contributed by atoms with Crippen LogP contribution in [0.5, 0.6) is 0 Å². The van der Waals surface area contributed by atoms with Crippen molar-refractivity contribution in [3.63, 3.8) is 0 Å². The maximum absolute atomic E-state index is 13.5. The molecule has 0 saturated heterocycles. The number of ether oxygens (including phenoxy) is 4. The van der Waals surface area contributed by atoms with Crippen LogP contribution < -0.4 is 0 Å². The van der Waals surface area contributed by atoms with Crippen LogP contribution >= 0.6 is 0 Å². The van der Waals surface area contributed by atoms with Gasteiger partial charge in [-0.1, -0.05) is 104 Å². The van der Waals surface area contributed by atoms with Gasteiger partial charge in [0.15, 0.2) is 5.60 Å². The van der Waals surface area contributed by atoms with Gasteiger partial charge in [0.25, 0.3) is 0 Å². The first-order valence-corrected chi connectivity index (χ1v) is 12.7. The number of carbonyl (C=O) groups excluding carboxylic acids is 3. The van der Waals surface area contributed by atoms with E-state index in [1.165, 1.54) is 0 Å². The van der Waals surface area contributed by atoms with E-state index in [1.807, 2.05) is 97.9 Å². The highest BCUT2D eigenvalue weighted by molar-refractivity contribution is 5.90. The monoisotopic (exact) mass is 518 g/mol. The molecule has 0 aliphatic carbocycles. The Hall–Kier alpha value is -3.97. The predicted molar refractivity (Wildman–Crippen MR) is 142 cm³/mol. The van der Waals surface area contributed by atoms with Gasteiger partial charge < -0.3 is 18.9 Å². The van der Waals surface area contributed by atoms with Gasteiger partial charge in [-0.3, -0.25) is 9.59 Å². The molecule has 0 radical (unpaired) electrons. The molecule has 3 rings (SSSR count). The first-order valence-electron chi connectivity index (χ1n) is 12.7. The summed E-state index contributed by atoms with van der Waals surface area (Å²) >= 11 is 0. The molecule has 0 saturated carbocycles. The topological polar surface area (TPSA) is 88.1 Å². The Bertz CT molecular complexity index is 1070. The van der Waals surface area contributed by atoms with E-state index in [0.717, 1.165) is 23.1 Å². The third-order valence-electron chi connectivity index (χ3n) is 5.81. The molecule has 0 spiro atoms. The molecule has 0 bridgehead atoms. The molecular weight excluding hydrogens is 484 g/mol. The number of carbonyl (C=O) groups is 3. The SMILES string of the molecule is CCCCOC(CC(=O)OCc1ccccc1)(CC(=O)OCc1ccccc1)C(=O)OCc1ccccc1. The average Bonchev–Trinajstić information content (AvgIpc) is 2.95. The fraction of sp³-hybridized carbons (Fsp3) is 0.323. The van der Waals surface area contributed by atoms with Crippen LogP contribution in [0.15, 0.2) is 91.0 Å². The zero-order chi connectivity index (χ0) is 27.1. The maximum Gasteiger partial charge on any atom is 0.339 e. The number of rotatable bonds is 15. The highest BCUT2D eigenvalue weighted by Gasteiger charge is 2.46. The Labute approximate surface area is 223 Å². The minimum absolute atomic E-state index is 0.0300. The fourth-order valence-electron chi connectivity index (χ4n) is 3.68. The summed E-state index contributed by atoms with van der Waals surface area (Å²) in [6.07, 6.45) is 0.451. The third kappa shape index (κ3) is 9.48. The molecule has 0 aromatic heterocycles. The molecule has 0 heterocycles. The molecule has 7 heteroatoms. The molecule has 3 aromatic rings. The number of benzene rings is 3. The quantitative estimate of drug-likeness (QED) is 0.148. The molecule has 0 fully saturated rings. The van der Waals surface area contributed by atoms with Crippen LogP contribution in [0.2, 0.25) is 0 Å². The van der Waals surface area contributed by atoms with E-state index in [1.54, 1.807) is 0 Å². The lowest BCUT2D eigenvalue weighted by molar-refractivity contribution is -0.187. The van der Waals surface area contributed by atoms with Crippen molar-refractivity contribution < 1.29 is 33.3 Å². The van der Waals surface area contributed by atoms with Crippen molar-refractivity contribution in [1.82, 2.24) is 0 Å². The van der Waals surface area contributed by atoms with Gasteiger partial charge >= 0.3 is 17.9 Å². The zero-order valence-electron chi connectivity index (χ0n) is 21.7. The Morgan fingerprint density at radius 1 is 0.605 bits per heavy atom. The molecule has 7 nitrogen and oxygen atoms in total. The average molecular weight is 519 g/mol. The third-order valence-corrected chi connectivity index (χ3v) is 5.81. The lowest BCUT2D eigenvalue weighted by atomic mass is 9.94. The summed E-state index contributed by atoms with van der Waals surface area (Å²) in [6.45, 7) is 2.16. The summed E-state index contributed by atoms with van der Waals surface area (Å²) in [5.41, 5.74) is 0.479. The minimum Gasteiger partial charge on any atom is -0.461 e. The normalized spacial score (nSPS) is 11.0. The molecule has 0 N–H and O–H groups in total. The van der Waals surface area contributed by atoms with E-state index in [-0.39, 0.29) is 26.4 Å². The fourth-order valence-corrected chi connectivity index (χ4v) is 3.68. The summed E-state index contributed by atoms with van der Waals surface area (Å²) in [7, 11) is 0. The zero-order valence-corrected chi connectivity index (χ0v) is 21.7. The number of hydrogen-bond donors (Lipinski definition) is 0. The highest BCUT2D eigenvalue weighted by Crippen LogP contribution is 2.27. The van der Waals surface area contributed by atoms with Crippen molar-refractivity contribution in [3.8, 4) is 0 Å². The number of hydrogen-bond acceptors (Lipinski definition) is 7. The lowest BCUT2D eigenvalue weighted by Crippen LogP contribution is -2.47. The predicted octanol–water partition coefficient (Wildman–Crippen LogP) is 5.55. The van der Waals surface area contributed by atoms with Gasteiger partial charge in [0.1, 0.15) is 19.8 Å². The number of unbranched alkanes of at least 4 members (excludes halogenated alkanes) is 1. The van der Waals surface area contributed by atoms with E-state index in [0.29, 0.717) is 6.42 Å². The van der Waals surface area contributed by atoms with Gasteiger partial charge in [-0.05, 0) is 23.1 Å². The summed E-state index contributed by atoms with van der Waals surface area (Å²) in [5, 5.41) is 0. The van der Waals surface area contributed by atoms with E-state index >= 15 is 0 Å². The van der Waals surface area contributed by atoms with Crippen LogP contribution in [-0.2, 0) is 53.2 Å². The van der Waals surface area contributed by atoms with Crippen molar-refractivity contribution in [2.45, 2.75) is 58.0 Å². The Morgan fingerprint density at radius 2 is 1.00 bits per heavy atom. The summed E-state index contributed by atoms with van der Waals surface area (Å²) in [5.74, 6) is -2.18. The molecule has 0 aliphatic rings. The second kappa shape index (κ2) is 15.3. The Morgan fingerprint density at radius 3 is 1.39 bits per heavy atom. The molecule has 3 aromatic carbocycles. The molecular formula is C31H34O7. The van der Waals surface area contributed by atoms with E-state index in [2.05, 4.69) is 0 Å². The van der Waals surface area contributed by atoms with Crippen molar-refractivity contribution in [2.75, 3.05) is 6.61 Å². The summed E-state index contributed by atoms with van der Waals surface area (Å²) in [6, 6.07) is 27.5. The molecule has 0 aliphatic heterocycles. The smallest absolute Gasteiger partial charge is 0.339 e. The summed E-state index contributed by atoms with van der Waals surface area (Å²) in [4.78, 5) is 39.4. The van der Waals surface area contributed by atoms with E-state index in [9.17, 15) is 14.4 Å². The standard InChI is InChI=1S/C31H34O7/c1-2-3-19-38-31(30(34)37-24-27-17-11-6-12-18-27,20-28(32)35-22-25-13-7-4-8-14-25)21-29(33)36-23-26-15-9-5-10-16-26/h4-18H,2-3,19-24H2,1H3. The van der Waals surface area contributed by atoms with Gasteiger partial charge in [0, 0.05) is 6.61 Å². The molecule has 200 valence electrons. The van der Waals surface area contributed by atoms with Crippen LogP contribution in [0.25, 0.3) is 0 Å². The highest BCUT2D eigenvalue weighted by atomic mass is 16.6. The second-order valence-electron chi connectivity index (χ2n) is 8.90. The van der Waals surface area contributed by atoms with Crippen LogP contribution in [0.3, 0.4) is 0 Å². The maximum atomic E-state index is 13.5. The minimum atomic E-state index is -1.88. The van der Waals surface area contributed by atoms with Crippen molar-refractivity contribution >= 4 is 17.9 Å². The van der Waals surface area contributed by atoms with Gasteiger partial charge in [0.2, 0.25) is 0 Å². The van der Waals surface area contributed by atoms with Crippen molar-refractivity contribution in [1.29, 1.82) is 0 Å². The Balaban J connectivity index is 1.77. The van der Waals surface area contributed by atoms with Gasteiger partial charge in [-0.25, -0.2) is 4.79 Å². The van der Waals surface area contributed by atoms with Gasteiger partial charge in [-0.2, -0.15) is 0 Å². The molecule has 0 amide bonds. The molecule has 0 atom stereocenters. The van der Waals surface area contributed by atoms with Gasteiger partial charge in [-0.15, -0.1) is 0 Å². The molecule has 38 heavy (non-hydrogen) atoms. The number of esters is 3. The first-order chi connectivity index (χ1) is 18.5. The van der Waals surface area contributed by atoms with Crippen LogP contribution in [-0.4, -0.2) is 30.1 Å². The largest absolute Gasteiger partial charge is 0.461 e. The summed E-state index contributed by atoms with van der Waals surface area (Å²) < 4.78 is 22.4. The van der Waals surface area contributed by atoms with E-state index in [4.69, 9.17) is 18.9 Å². The van der Waals surface area contributed by atoms with Crippen molar-refractivity contribution in [2.24, 2.45) is 0 Å². The second-order valence-corrected chi connectivity index (χ2v) is 8.90. The van der Waals surface area contributed by atoms with Crippen LogP contribution in [0.4, 0.5) is 0 Å². The van der Waals surface area contributed by atoms with Crippen molar-refractivity contribution in [3.05, 3.63) is 108 Å². The van der Waals surface area contributed by atoms with Crippen LogP contribution in [0.1, 0.15) is 49.3 Å².